The van der Waals surface area contributed by atoms with E-state index in [9.17, 15) is 0 Å². The molecule has 1 atom stereocenters. The molecule has 0 aromatic carbocycles. The molecule has 1 aliphatic carbocycles. The topological polar surface area (TPSA) is 60.2 Å². The van der Waals surface area contributed by atoms with E-state index in [1.54, 1.807) is 0 Å². The van der Waals surface area contributed by atoms with Gasteiger partial charge in [-0.2, -0.15) is 4.98 Å². The molecule has 5 nitrogen and oxygen atoms in total. The molecule has 0 bridgehead atoms. The average Bonchev–Trinajstić information content (AvgIpc) is 3.11. The third kappa shape index (κ3) is 2.75. The number of aromatic nitrogens is 2. The number of rotatable bonds is 2. The van der Waals surface area contributed by atoms with E-state index < -0.39 is 0 Å². The van der Waals surface area contributed by atoms with Gasteiger partial charge in [0, 0.05) is 18.0 Å². The minimum atomic E-state index is -0.0889. The van der Waals surface area contributed by atoms with Crippen LogP contribution in [0, 0.1) is 0 Å². The van der Waals surface area contributed by atoms with Crippen molar-refractivity contribution in [2.24, 2.45) is 0 Å². The molecular formula is C15H19N3O2S. The van der Waals surface area contributed by atoms with Gasteiger partial charge in [0.15, 0.2) is 0 Å². The van der Waals surface area contributed by atoms with Crippen molar-refractivity contribution in [2.45, 2.75) is 38.2 Å². The third-order valence-corrected chi connectivity index (χ3v) is 5.34. The molecule has 0 saturated carbocycles. The van der Waals surface area contributed by atoms with Crippen molar-refractivity contribution in [1.82, 2.24) is 15.5 Å². The standard InChI is InChI=1S/C15H19N3O2S/c1-2-4-10-8-13(21-12(10)5-3-1)15-17-14(18-20-15)11-9-16-6-7-19-11/h8,11,16H,1-7,9H2. The second kappa shape index (κ2) is 5.87. The van der Waals surface area contributed by atoms with Crippen LogP contribution in [-0.4, -0.2) is 29.8 Å². The van der Waals surface area contributed by atoms with Crippen molar-refractivity contribution in [1.29, 1.82) is 0 Å². The highest BCUT2D eigenvalue weighted by Crippen LogP contribution is 2.34. The number of nitrogens with one attached hydrogen (secondary N) is 1. The van der Waals surface area contributed by atoms with Gasteiger partial charge in [-0.15, -0.1) is 11.3 Å². The highest BCUT2D eigenvalue weighted by molar-refractivity contribution is 7.15. The molecule has 0 radical (unpaired) electrons. The van der Waals surface area contributed by atoms with Crippen LogP contribution in [0.4, 0.5) is 0 Å². The summed E-state index contributed by atoms with van der Waals surface area (Å²) in [4.78, 5) is 7.14. The van der Waals surface area contributed by atoms with Crippen LogP contribution in [0.3, 0.4) is 0 Å². The lowest BCUT2D eigenvalue weighted by molar-refractivity contribution is 0.0208. The fourth-order valence-electron chi connectivity index (χ4n) is 2.97. The Morgan fingerprint density at radius 3 is 3.10 bits per heavy atom. The Bertz CT molecular complexity index is 593. The maximum Gasteiger partial charge on any atom is 0.268 e. The molecule has 6 heteroatoms. The van der Waals surface area contributed by atoms with E-state index in [0.717, 1.165) is 18.0 Å². The van der Waals surface area contributed by atoms with Crippen molar-refractivity contribution < 1.29 is 9.26 Å². The molecule has 112 valence electrons. The lowest BCUT2D eigenvalue weighted by Gasteiger charge is -2.20. The van der Waals surface area contributed by atoms with E-state index in [4.69, 9.17) is 9.26 Å². The molecule has 3 heterocycles. The lowest BCUT2D eigenvalue weighted by atomic mass is 10.1. The number of morpholine rings is 1. The summed E-state index contributed by atoms with van der Waals surface area (Å²) in [5.74, 6) is 1.29. The first-order valence-electron chi connectivity index (χ1n) is 7.68. The van der Waals surface area contributed by atoms with Gasteiger partial charge in [0.1, 0.15) is 6.10 Å². The Morgan fingerprint density at radius 2 is 2.19 bits per heavy atom. The summed E-state index contributed by atoms with van der Waals surface area (Å²) in [6, 6.07) is 2.24. The van der Waals surface area contributed by atoms with Crippen LogP contribution in [-0.2, 0) is 17.6 Å². The Labute approximate surface area is 127 Å². The van der Waals surface area contributed by atoms with Crippen LogP contribution < -0.4 is 5.32 Å². The second-order valence-electron chi connectivity index (χ2n) is 5.64. The number of nitrogens with zero attached hydrogens (tertiary/aromatic N) is 2. The third-order valence-electron chi connectivity index (χ3n) is 4.11. The summed E-state index contributed by atoms with van der Waals surface area (Å²) in [7, 11) is 0. The normalized spacial score (nSPS) is 22.8. The van der Waals surface area contributed by atoms with Crippen LogP contribution in [0.15, 0.2) is 10.6 Å². The van der Waals surface area contributed by atoms with Crippen molar-refractivity contribution in [3.8, 4) is 10.8 Å². The molecule has 1 aliphatic heterocycles. The van der Waals surface area contributed by atoms with Crippen LogP contribution in [0.5, 0.6) is 0 Å². The maximum atomic E-state index is 5.67. The first-order chi connectivity index (χ1) is 10.4. The van der Waals surface area contributed by atoms with Gasteiger partial charge in [0.05, 0.1) is 11.5 Å². The summed E-state index contributed by atoms with van der Waals surface area (Å²) >= 11 is 1.81. The minimum Gasteiger partial charge on any atom is -0.367 e. The second-order valence-corrected chi connectivity index (χ2v) is 6.78. The Hall–Kier alpha value is -1.24. The van der Waals surface area contributed by atoms with E-state index in [2.05, 4.69) is 21.5 Å². The summed E-state index contributed by atoms with van der Waals surface area (Å²) in [6.45, 7) is 2.33. The molecule has 1 fully saturated rings. The Morgan fingerprint density at radius 1 is 1.24 bits per heavy atom. The first kappa shape index (κ1) is 13.4. The Kier molecular flexibility index (Phi) is 3.75. The number of aryl methyl sites for hydroxylation is 2. The van der Waals surface area contributed by atoms with Crippen molar-refractivity contribution in [3.63, 3.8) is 0 Å². The Balaban J connectivity index is 1.57. The van der Waals surface area contributed by atoms with Gasteiger partial charge in [0.25, 0.3) is 5.89 Å². The number of hydrogen-bond donors (Lipinski definition) is 1. The average molecular weight is 305 g/mol. The molecule has 0 amide bonds. The van der Waals surface area contributed by atoms with Crippen molar-refractivity contribution >= 4 is 11.3 Å². The van der Waals surface area contributed by atoms with E-state index in [1.165, 1.54) is 42.5 Å². The van der Waals surface area contributed by atoms with E-state index in [-0.39, 0.29) is 6.10 Å². The molecule has 2 aliphatic rings. The van der Waals surface area contributed by atoms with Crippen LogP contribution >= 0.6 is 11.3 Å². The summed E-state index contributed by atoms with van der Waals surface area (Å²) in [6.07, 6.45) is 6.21. The van der Waals surface area contributed by atoms with Gasteiger partial charge >= 0.3 is 0 Å². The van der Waals surface area contributed by atoms with Gasteiger partial charge in [0.2, 0.25) is 5.82 Å². The molecular weight excluding hydrogens is 286 g/mol. The predicted molar refractivity (Wildman–Crippen MR) is 80.4 cm³/mol. The van der Waals surface area contributed by atoms with Gasteiger partial charge in [-0.1, -0.05) is 11.6 Å². The van der Waals surface area contributed by atoms with E-state index in [1.807, 2.05) is 11.3 Å². The summed E-state index contributed by atoms with van der Waals surface area (Å²) < 4.78 is 11.1. The number of hydrogen-bond acceptors (Lipinski definition) is 6. The van der Waals surface area contributed by atoms with E-state index >= 15 is 0 Å². The predicted octanol–water partition coefficient (Wildman–Crippen LogP) is 2.73. The molecule has 1 N–H and O–H groups in total. The van der Waals surface area contributed by atoms with Crippen molar-refractivity contribution in [2.75, 3.05) is 19.7 Å². The van der Waals surface area contributed by atoms with Gasteiger partial charge in [-0.05, 0) is 37.3 Å². The van der Waals surface area contributed by atoms with Crippen LogP contribution in [0.1, 0.15) is 41.6 Å². The largest absolute Gasteiger partial charge is 0.367 e. The zero-order valence-electron chi connectivity index (χ0n) is 11.9. The van der Waals surface area contributed by atoms with Gasteiger partial charge in [-0.25, -0.2) is 0 Å². The smallest absolute Gasteiger partial charge is 0.268 e. The molecule has 2 aromatic rings. The molecule has 21 heavy (non-hydrogen) atoms. The summed E-state index contributed by atoms with van der Waals surface area (Å²) in [5, 5.41) is 7.38. The first-order valence-corrected chi connectivity index (χ1v) is 8.50. The van der Waals surface area contributed by atoms with Crippen LogP contribution in [0.25, 0.3) is 10.8 Å². The highest BCUT2D eigenvalue weighted by atomic mass is 32.1. The fraction of sp³-hybridized carbons (Fsp3) is 0.600. The van der Waals surface area contributed by atoms with Crippen molar-refractivity contribution in [3.05, 3.63) is 22.3 Å². The quantitative estimate of drug-likeness (QED) is 0.865. The number of thiophene rings is 1. The molecule has 1 unspecified atom stereocenters. The molecule has 2 aromatic heterocycles. The maximum absolute atomic E-state index is 5.67. The monoisotopic (exact) mass is 305 g/mol. The van der Waals surface area contributed by atoms with Gasteiger partial charge in [-0.3, -0.25) is 0 Å². The number of ether oxygens (including phenoxy) is 1. The van der Waals surface area contributed by atoms with Gasteiger partial charge < -0.3 is 14.6 Å². The SMILES string of the molecule is c1c(-c2nc(C3CNCCO3)no2)sc2c1CCCCC2. The minimum absolute atomic E-state index is 0.0889. The van der Waals surface area contributed by atoms with E-state index in [0.29, 0.717) is 18.3 Å². The number of fused-ring (bicyclic) bond motifs is 1. The zero-order chi connectivity index (χ0) is 14.1. The molecule has 0 spiro atoms. The fourth-order valence-corrected chi connectivity index (χ4v) is 4.15. The molecule has 4 rings (SSSR count). The lowest BCUT2D eigenvalue weighted by Crippen LogP contribution is -2.33. The summed E-state index contributed by atoms with van der Waals surface area (Å²) in [5.41, 5.74) is 1.47. The van der Waals surface area contributed by atoms with Crippen LogP contribution in [0.2, 0.25) is 0 Å². The zero-order valence-corrected chi connectivity index (χ0v) is 12.7. The molecule has 1 saturated heterocycles. The highest BCUT2D eigenvalue weighted by Gasteiger charge is 2.23.